The van der Waals surface area contributed by atoms with E-state index >= 15 is 0 Å². The average Bonchev–Trinajstić information content (AvgIpc) is 2.47. The van der Waals surface area contributed by atoms with Crippen LogP contribution in [-0.2, 0) is 20.7 Å². The number of carbonyl (C=O) groups excluding carboxylic acids is 1. The molecule has 21 heavy (non-hydrogen) atoms. The van der Waals surface area contributed by atoms with Gasteiger partial charge in [-0.3, -0.25) is 9.59 Å². The number of rotatable bonds is 5. The molecule has 1 aromatic rings. The molecular weight excluding hydrogens is 274 g/mol. The minimum absolute atomic E-state index is 0.0433. The van der Waals surface area contributed by atoms with Gasteiger partial charge < -0.3 is 19.5 Å². The van der Waals surface area contributed by atoms with E-state index in [4.69, 9.17) is 14.6 Å². The number of methoxy groups -OCH3 is 1. The molecule has 0 aliphatic carbocycles. The van der Waals surface area contributed by atoms with E-state index in [0.717, 1.165) is 5.56 Å². The lowest BCUT2D eigenvalue weighted by Gasteiger charge is -2.32. The normalized spacial score (nSPS) is 18.3. The van der Waals surface area contributed by atoms with Gasteiger partial charge in [-0.1, -0.05) is 18.2 Å². The quantitative estimate of drug-likeness (QED) is 0.874. The molecule has 0 saturated carbocycles. The Kier molecular flexibility index (Phi) is 5.16. The maximum absolute atomic E-state index is 12.3. The maximum Gasteiger partial charge on any atom is 0.306 e. The maximum atomic E-state index is 12.3. The lowest BCUT2D eigenvalue weighted by Crippen LogP contribution is -2.46. The predicted octanol–water partition coefficient (Wildman–Crippen LogP) is 0.940. The summed E-state index contributed by atoms with van der Waals surface area (Å²) < 4.78 is 10.6. The Hall–Kier alpha value is -2.08. The molecule has 1 amide bonds. The molecule has 0 radical (unpaired) electrons. The van der Waals surface area contributed by atoms with Crippen LogP contribution in [0.1, 0.15) is 12.0 Å². The van der Waals surface area contributed by atoms with Crippen LogP contribution in [0.15, 0.2) is 24.3 Å². The Morgan fingerprint density at radius 3 is 2.90 bits per heavy atom. The average molecular weight is 293 g/mol. The molecule has 2 rings (SSSR count). The lowest BCUT2D eigenvalue weighted by molar-refractivity contribution is -0.147. The number of nitrogens with zero attached hydrogens (tertiary/aromatic N) is 1. The van der Waals surface area contributed by atoms with E-state index in [-0.39, 0.29) is 18.7 Å². The smallest absolute Gasteiger partial charge is 0.306 e. The highest BCUT2D eigenvalue weighted by atomic mass is 16.5. The van der Waals surface area contributed by atoms with Gasteiger partial charge >= 0.3 is 5.97 Å². The number of aliphatic carboxylic acids is 1. The van der Waals surface area contributed by atoms with Crippen LogP contribution in [0.25, 0.3) is 0 Å². The fraction of sp³-hybridized carbons (Fsp3) is 0.467. The summed E-state index contributed by atoms with van der Waals surface area (Å²) in [6, 6.07) is 7.38. The van der Waals surface area contributed by atoms with Crippen LogP contribution >= 0.6 is 0 Å². The minimum Gasteiger partial charge on any atom is -0.496 e. The number of para-hydroxylation sites is 1. The predicted molar refractivity (Wildman–Crippen MR) is 75.3 cm³/mol. The molecule has 1 saturated heterocycles. The van der Waals surface area contributed by atoms with Crippen LogP contribution in [0.5, 0.6) is 5.75 Å². The van der Waals surface area contributed by atoms with E-state index in [1.807, 2.05) is 24.3 Å². The molecule has 1 N–H and O–H groups in total. The molecule has 1 unspecified atom stereocenters. The van der Waals surface area contributed by atoms with Crippen molar-refractivity contribution in [2.24, 2.45) is 0 Å². The van der Waals surface area contributed by atoms with Gasteiger partial charge in [0.1, 0.15) is 5.75 Å². The van der Waals surface area contributed by atoms with Gasteiger partial charge in [-0.05, 0) is 6.07 Å². The molecule has 0 aromatic heterocycles. The van der Waals surface area contributed by atoms with Crippen molar-refractivity contribution in [2.45, 2.75) is 18.9 Å². The van der Waals surface area contributed by atoms with Crippen LogP contribution < -0.4 is 4.74 Å². The van der Waals surface area contributed by atoms with Crippen LogP contribution in [-0.4, -0.2) is 54.8 Å². The molecule has 0 bridgehead atoms. The Morgan fingerprint density at radius 2 is 2.19 bits per heavy atom. The number of ether oxygens (including phenoxy) is 2. The topological polar surface area (TPSA) is 76.1 Å². The van der Waals surface area contributed by atoms with E-state index in [0.29, 0.717) is 25.4 Å². The third-order valence-electron chi connectivity index (χ3n) is 3.43. The highest BCUT2D eigenvalue weighted by molar-refractivity contribution is 5.79. The van der Waals surface area contributed by atoms with Gasteiger partial charge in [0.25, 0.3) is 0 Å². The molecular formula is C15H19NO5. The van der Waals surface area contributed by atoms with Crippen molar-refractivity contribution >= 4 is 11.9 Å². The van der Waals surface area contributed by atoms with E-state index in [2.05, 4.69) is 0 Å². The summed E-state index contributed by atoms with van der Waals surface area (Å²) in [7, 11) is 1.57. The van der Waals surface area contributed by atoms with Crippen LogP contribution in [0.4, 0.5) is 0 Å². The van der Waals surface area contributed by atoms with Gasteiger partial charge in [-0.15, -0.1) is 0 Å². The largest absolute Gasteiger partial charge is 0.496 e. The SMILES string of the molecule is COc1ccccc1CC(=O)N1CCOC(CC(=O)O)C1. The first-order valence-corrected chi connectivity index (χ1v) is 6.83. The first-order valence-electron chi connectivity index (χ1n) is 6.83. The summed E-state index contributed by atoms with van der Waals surface area (Å²) in [5.41, 5.74) is 0.825. The standard InChI is InChI=1S/C15H19NO5/c1-20-13-5-3-2-4-11(13)8-14(17)16-6-7-21-12(10-16)9-15(18)19/h2-5,12H,6-10H2,1H3,(H,18,19). The first-order chi connectivity index (χ1) is 10.1. The van der Waals surface area contributed by atoms with E-state index in [9.17, 15) is 9.59 Å². The molecule has 1 aliphatic heterocycles. The summed E-state index contributed by atoms with van der Waals surface area (Å²) in [6.45, 7) is 1.18. The molecule has 114 valence electrons. The molecule has 0 spiro atoms. The van der Waals surface area contributed by atoms with E-state index < -0.39 is 12.1 Å². The molecule has 1 fully saturated rings. The Morgan fingerprint density at radius 1 is 1.43 bits per heavy atom. The molecule has 1 atom stereocenters. The summed E-state index contributed by atoms with van der Waals surface area (Å²) in [5, 5.41) is 8.79. The van der Waals surface area contributed by atoms with Crippen molar-refractivity contribution in [3.8, 4) is 5.75 Å². The van der Waals surface area contributed by atoms with E-state index in [1.165, 1.54) is 0 Å². The molecule has 1 heterocycles. The number of morpholine rings is 1. The molecule has 6 nitrogen and oxygen atoms in total. The summed E-state index contributed by atoms with van der Waals surface area (Å²) in [4.78, 5) is 24.7. The summed E-state index contributed by atoms with van der Waals surface area (Å²) >= 11 is 0. The number of carboxylic acids is 1. The van der Waals surface area contributed by atoms with Gasteiger partial charge in [-0.25, -0.2) is 0 Å². The van der Waals surface area contributed by atoms with Crippen molar-refractivity contribution in [1.82, 2.24) is 4.90 Å². The van der Waals surface area contributed by atoms with E-state index in [1.54, 1.807) is 12.0 Å². The zero-order valence-corrected chi connectivity index (χ0v) is 11.9. The fourth-order valence-electron chi connectivity index (χ4n) is 2.39. The van der Waals surface area contributed by atoms with Gasteiger partial charge in [0.15, 0.2) is 0 Å². The third kappa shape index (κ3) is 4.19. The van der Waals surface area contributed by atoms with Crippen molar-refractivity contribution in [1.29, 1.82) is 0 Å². The van der Waals surface area contributed by atoms with Crippen LogP contribution in [0.2, 0.25) is 0 Å². The second-order valence-electron chi connectivity index (χ2n) is 4.92. The third-order valence-corrected chi connectivity index (χ3v) is 3.43. The minimum atomic E-state index is -0.918. The zero-order valence-electron chi connectivity index (χ0n) is 11.9. The van der Waals surface area contributed by atoms with Crippen LogP contribution in [0, 0.1) is 0 Å². The van der Waals surface area contributed by atoms with Crippen molar-refractivity contribution < 1.29 is 24.2 Å². The van der Waals surface area contributed by atoms with Gasteiger partial charge in [0.05, 0.1) is 32.7 Å². The molecule has 1 aliphatic rings. The summed E-state index contributed by atoms with van der Waals surface area (Å²) in [5.74, 6) is -0.279. The van der Waals surface area contributed by atoms with Crippen molar-refractivity contribution in [2.75, 3.05) is 26.8 Å². The second kappa shape index (κ2) is 7.08. The highest BCUT2D eigenvalue weighted by Crippen LogP contribution is 2.19. The lowest BCUT2D eigenvalue weighted by atomic mass is 10.1. The van der Waals surface area contributed by atoms with Crippen LogP contribution in [0.3, 0.4) is 0 Å². The molecule has 6 heteroatoms. The Balaban J connectivity index is 1.98. The summed E-state index contributed by atoms with van der Waals surface area (Å²) in [6.07, 6.45) is -0.278. The Bertz CT molecular complexity index is 517. The number of benzene rings is 1. The molecule has 1 aromatic carbocycles. The zero-order chi connectivity index (χ0) is 15.2. The number of hydrogen-bond donors (Lipinski definition) is 1. The Labute approximate surface area is 123 Å². The first kappa shape index (κ1) is 15.3. The number of carboxylic acid groups (broad SMARTS) is 1. The van der Waals surface area contributed by atoms with Crippen molar-refractivity contribution in [3.05, 3.63) is 29.8 Å². The van der Waals surface area contributed by atoms with Gasteiger partial charge in [-0.2, -0.15) is 0 Å². The fourth-order valence-corrected chi connectivity index (χ4v) is 2.39. The highest BCUT2D eigenvalue weighted by Gasteiger charge is 2.26. The van der Waals surface area contributed by atoms with Gasteiger partial charge in [0.2, 0.25) is 5.91 Å². The number of carbonyl (C=O) groups is 2. The number of hydrogen-bond acceptors (Lipinski definition) is 4. The monoisotopic (exact) mass is 293 g/mol. The van der Waals surface area contributed by atoms with Gasteiger partial charge in [0, 0.05) is 18.7 Å². The van der Waals surface area contributed by atoms with Crippen molar-refractivity contribution in [3.63, 3.8) is 0 Å². The second-order valence-corrected chi connectivity index (χ2v) is 4.92. The number of amides is 1.